The summed E-state index contributed by atoms with van der Waals surface area (Å²) < 4.78 is 11.0. The Morgan fingerprint density at radius 2 is 2.00 bits per heavy atom. The second kappa shape index (κ2) is 3.76. The fraction of sp³-hybridized carbons (Fsp3) is 0.562. The highest BCUT2D eigenvalue weighted by Crippen LogP contribution is 2.49. The van der Waals surface area contributed by atoms with Crippen LogP contribution >= 0.6 is 0 Å². The first kappa shape index (κ1) is 11.1. The van der Waals surface area contributed by atoms with E-state index in [0.717, 1.165) is 37.4 Å². The molecule has 0 radical (unpaired) electrons. The van der Waals surface area contributed by atoms with Gasteiger partial charge in [-0.25, -0.2) is 0 Å². The molecule has 3 aliphatic heterocycles. The second-order valence-electron chi connectivity index (χ2n) is 6.40. The molecule has 0 N–H and O–H groups in total. The summed E-state index contributed by atoms with van der Waals surface area (Å²) in [4.78, 5) is 15.0. The molecular formula is C16H17NO3. The predicted molar refractivity (Wildman–Crippen MR) is 71.9 cm³/mol. The average molecular weight is 271 g/mol. The summed E-state index contributed by atoms with van der Waals surface area (Å²) in [5, 5.41) is 0. The maximum atomic E-state index is 12.5. The van der Waals surface area contributed by atoms with Crippen LogP contribution in [0.5, 0.6) is 11.5 Å². The lowest BCUT2D eigenvalue weighted by Gasteiger charge is -2.42. The van der Waals surface area contributed by atoms with Crippen LogP contribution in [0.25, 0.3) is 0 Å². The van der Waals surface area contributed by atoms with Crippen LogP contribution < -0.4 is 9.47 Å². The Bertz CT molecular complexity index is 612. The molecule has 0 spiro atoms. The Morgan fingerprint density at radius 1 is 1.15 bits per heavy atom. The van der Waals surface area contributed by atoms with E-state index in [-0.39, 0.29) is 5.92 Å². The molecule has 104 valence electrons. The van der Waals surface area contributed by atoms with Crippen molar-refractivity contribution in [3.05, 3.63) is 23.3 Å². The fourth-order valence-corrected chi connectivity index (χ4v) is 4.61. The Labute approximate surface area is 117 Å². The second-order valence-corrected chi connectivity index (χ2v) is 6.40. The minimum Gasteiger partial charge on any atom is -0.454 e. The van der Waals surface area contributed by atoms with Gasteiger partial charge >= 0.3 is 0 Å². The van der Waals surface area contributed by atoms with Gasteiger partial charge in [0.05, 0.1) is 5.92 Å². The molecule has 4 aliphatic rings. The van der Waals surface area contributed by atoms with Crippen molar-refractivity contribution in [3.8, 4) is 11.5 Å². The number of Topliss-reactive ketones (excluding diaryl/α,β-unsaturated/α-hetero) is 1. The number of nitrogens with zero attached hydrogens (tertiary/aromatic N) is 1. The largest absolute Gasteiger partial charge is 0.454 e. The van der Waals surface area contributed by atoms with Gasteiger partial charge < -0.3 is 9.47 Å². The SMILES string of the molecule is O=C1CC[C@@H]2CCN3Cc4cc5c(cc4[C@H]1[C@H]23)OCO5. The van der Waals surface area contributed by atoms with Crippen molar-refractivity contribution in [2.45, 2.75) is 37.8 Å². The zero-order valence-electron chi connectivity index (χ0n) is 11.3. The van der Waals surface area contributed by atoms with E-state index in [0.29, 0.717) is 24.5 Å². The van der Waals surface area contributed by atoms with Gasteiger partial charge in [-0.05, 0) is 48.6 Å². The monoisotopic (exact) mass is 271 g/mol. The average Bonchev–Trinajstić information content (AvgIpc) is 3.06. The molecule has 2 fully saturated rings. The van der Waals surface area contributed by atoms with Crippen molar-refractivity contribution in [1.82, 2.24) is 4.90 Å². The number of ether oxygens (including phenoxy) is 2. The van der Waals surface area contributed by atoms with Crippen molar-refractivity contribution in [1.29, 1.82) is 0 Å². The van der Waals surface area contributed by atoms with Crippen LogP contribution in [-0.4, -0.2) is 30.1 Å². The molecule has 0 bridgehead atoms. The van der Waals surface area contributed by atoms with Crippen molar-refractivity contribution in [2.75, 3.05) is 13.3 Å². The van der Waals surface area contributed by atoms with Gasteiger partial charge in [0.25, 0.3) is 0 Å². The highest BCUT2D eigenvalue weighted by molar-refractivity contribution is 5.88. The third-order valence-electron chi connectivity index (χ3n) is 5.48. The fourth-order valence-electron chi connectivity index (χ4n) is 4.61. The molecule has 20 heavy (non-hydrogen) atoms. The van der Waals surface area contributed by atoms with Gasteiger partial charge in [-0.3, -0.25) is 9.69 Å². The normalized spacial score (nSPS) is 34.0. The minimum atomic E-state index is 0.0644. The number of hydrogen-bond donors (Lipinski definition) is 0. The van der Waals surface area contributed by atoms with Gasteiger partial charge in [-0.2, -0.15) is 0 Å². The molecule has 0 unspecified atom stereocenters. The van der Waals surface area contributed by atoms with E-state index < -0.39 is 0 Å². The summed E-state index contributed by atoms with van der Waals surface area (Å²) in [5.74, 6) is 2.83. The lowest BCUT2D eigenvalue weighted by molar-refractivity contribution is -0.125. The Morgan fingerprint density at radius 3 is 2.90 bits per heavy atom. The van der Waals surface area contributed by atoms with Gasteiger partial charge in [-0.1, -0.05) is 0 Å². The Balaban J connectivity index is 1.68. The summed E-state index contributed by atoms with van der Waals surface area (Å²) in [7, 11) is 0. The third-order valence-corrected chi connectivity index (χ3v) is 5.48. The number of fused-ring (bicyclic) bond motifs is 3. The molecule has 1 saturated heterocycles. The van der Waals surface area contributed by atoms with E-state index in [1.54, 1.807) is 0 Å². The Kier molecular flexibility index (Phi) is 2.09. The summed E-state index contributed by atoms with van der Waals surface area (Å²) >= 11 is 0. The molecule has 0 amide bonds. The summed E-state index contributed by atoms with van der Waals surface area (Å²) in [6.45, 7) is 2.39. The first-order valence-electron chi connectivity index (χ1n) is 7.50. The summed E-state index contributed by atoms with van der Waals surface area (Å²) in [5.41, 5.74) is 2.46. The van der Waals surface area contributed by atoms with E-state index in [2.05, 4.69) is 17.0 Å². The maximum Gasteiger partial charge on any atom is 0.231 e. The molecule has 3 heterocycles. The lowest BCUT2D eigenvalue weighted by Crippen LogP contribution is -2.47. The van der Waals surface area contributed by atoms with Gasteiger partial charge in [0.2, 0.25) is 6.79 Å². The van der Waals surface area contributed by atoms with Crippen molar-refractivity contribution in [2.24, 2.45) is 5.92 Å². The zero-order valence-corrected chi connectivity index (χ0v) is 11.3. The number of carbonyl (C=O) groups is 1. The van der Waals surface area contributed by atoms with Gasteiger partial charge in [0, 0.05) is 19.0 Å². The number of hydrogen-bond acceptors (Lipinski definition) is 4. The first-order valence-corrected chi connectivity index (χ1v) is 7.50. The van der Waals surface area contributed by atoms with E-state index in [1.807, 2.05) is 0 Å². The highest BCUT2D eigenvalue weighted by atomic mass is 16.7. The van der Waals surface area contributed by atoms with E-state index in [9.17, 15) is 4.79 Å². The molecule has 1 aliphatic carbocycles. The van der Waals surface area contributed by atoms with Crippen molar-refractivity contribution in [3.63, 3.8) is 0 Å². The minimum absolute atomic E-state index is 0.0644. The number of carbonyl (C=O) groups excluding carboxylic acids is 1. The Hall–Kier alpha value is -1.55. The first-order chi connectivity index (χ1) is 9.81. The van der Waals surface area contributed by atoms with E-state index >= 15 is 0 Å². The van der Waals surface area contributed by atoms with Crippen LogP contribution in [0.3, 0.4) is 0 Å². The van der Waals surface area contributed by atoms with Gasteiger partial charge in [-0.15, -0.1) is 0 Å². The molecule has 4 heteroatoms. The van der Waals surface area contributed by atoms with Crippen molar-refractivity contribution >= 4 is 5.78 Å². The number of rotatable bonds is 0. The van der Waals surface area contributed by atoms with E-state index in [1.165, 1.54) is 17.5 Å². The van der Waals surface area contributed by atoms with Gasteiger partial charge in [0.15, 0.2) is 11.5 Å². The molecule has 0 aromatic heterocycles. The van der Waals surface area contributed by atoms with Crippen LogP contribution in [0.15, 0.2) is 12.1 Å². The standard InChI is InChI=1S/C16H17NO3/c18-12-2-1-9-3-4-17-7-10-5-13-14(20-8-19-13)6-11(10)15(12)16(9)17/h5-6,9,15-16H,1-4,7-8H2/t9-,15-,16+/m1/s1. The molecule has 1 aromatic rings. The smallest absolute Gasteiger partial charge is 0.231 e. The third kappa shape index (κ3) is 1.32. The molecule has 1 saturated carbocycles. The van der Waals surface area contributed by atoms with Crippen LogP contribution in [0, 0.1) is 5.92 Å². The highest BCUT2D eigenvalue weighted by Gasteiger charge is 2.49. The van der Waals surface area contributed by atoms with Crippen LogP contribution in [-0.2, 0) is 11.3 Å². The lowest BCUT2D eigenvalue weighted by atomic mass is 9.70. The van der Waals surface area contributed by atoms with Crippen molar-refractivity contribution < 1.29 is 14.3 Å². The zero-order chi connectivity index (χ0) is 13.3. The molecular weight excluding hydrogens is 254 g/mol. The van der Waals surface area contributed by atoms with Crippen LogP contribution in [0.2, 0.25) is 0 Å². The van der Waals surface area contributed by atoms with E-state index in [4.69, 9.17) is 9.47 Å². The summed E-state index contributed by atoms with van der Waals surface area (Å²) in [6.07, 6.45) is 3.07. The predicted octanol–water partition coefficient (Wildman–Crippen LogP) is 2.07. The molecule has 3 atom stereocenters. The maximum absolute atomic E-state index is 12.5. The van der Waals surface area contributed by atoms with Crippen LogP contribution in [0.1, 0.15) is 36.3 Å². The topological polar surface area (TPSA) is 38.8 Å². The molecule has 1 aromatic carbocycles. The number of ketones is 1. The van der Waals surface area contributed by atoms with Gasteiger partial charge in [0.1, 0.15) is 5.78 Å². The quantitative estimate of drug-likeness (QED) is 0.724. The molecule has 5 rings (SSSR count). The van der Waals surface area contributed by atoms with Crippen LogP contribution in [0.4, 0.5) is 0 Å². The molecule has 4 nitrogen and oxygen atoms in total. The number of benzene rings is 1. The summed E-state index contributed by atoms with van der Waals surface area (Å²) in [6, 6.07) is 4.59.